The molecule has 0 saturated carbocycles. The van der Waals surface area contributed by atoms with Gasteiger partial charge >= 0.3 is 0 Å². The van der Waals surface area contributed by atoms with Crippen molar-refractivity contribution in [3.8, 4) is 0 Å². The Morgan fingerprint density at radius 3 is 2.35 bits per heavy atom. The van der Waals surface area contributed by atoms with E-state index in [1.165, 1.54) is 11.1 Å². The molecule has 5 heteroatoms. The van der Waals surface area contributed by atoms with E-state index < -0.39 is 0 Å². The van der Waals surface area contributed by atoms with E-state index in [4.69, 9.17) is 4.74 Å². The monoisotopic (exact) mass is 355 g/mol. The summed E-state index contributed by atoms with van der Waals surface area (Å²) in [5.74, 6) is 0.755. The molecule has 0 radical (unpaired) electrons. The maximum atomic E-state index is 9.65. The summed E-state index contributed by atoms with van der Waals surface area (Å²) in [6.07, 6.45) is 0. The van der Waals surface area contributed by atoms with E-state index in [-0.39, 0.29) is 12.5 Å². The Morgan fingerprint density at radius 2 is 1.73 bits per heavy atom. The van der Waals surface area contributed by atoms with E-state index in [1.807, 2.05) is 37.3 Å². The van der Waals surface area contributed by atoms with E-state index in [2.05, 4.69) is 39.9 Å². The molecule has 2 aromatic carbocycles. The first-order valence-electron chi connectivity index (χ1n) is 9.02. The molecule has 2 aromatic rings. The minimum atomic E-state index is 0.0348. The Kier molecular flexibility index (Phi) is 8.66. The predicted molar refractivity (Wildman–Crippen MR) is 106 cm³/mol. The average Bonchev–Trinajstić information content (AvgIpc) is 2.70. The molecule has 3 N–H and O–H groups in total. The van der Waals surface area contributed by atoms with Crippen molar-refractivity contribution in [2.75, 3.05) is 26.8 Å². The van der Waals surface area contributed by atoms with Crippen LogP contribution in [0, 0.1) is 0 Å². The SMILES string of the molecule is CCOCc1ccc(CNC(=NC)NCC(CO)c2ccccc2)cc1. The molecular formula is C21H29N3O2. The summed E-state index contributed by atoms with van der Waals surface area (Å²) >= 11 is 0. The summed E-state index contributed by atoms with van der Waals surface area (Å²) in [5, 5.41) is 16.2. The van der Waals surface area contributed by atoms with Crippen LogP contribution in [0.4, 0.5) is 0 Å². The molecule has 0 spiro atoms. The minimum Gasteiger partial charge on any atom is -0.396 e. The van der Waals surface area contributed by atoms with Crippen LogP contribution < -0.4 is 10.6 Å². The molecule has 0 amide bonds. The number of aliphatic imine (C=N–C) groups is 1. The Morgan fingerprint density at radius 1 is 1.04 bits per heavy atom. The molecule has 0 aliphatic carbocycles. The van der Waals surface area contributed by atoms with Crippen molar-refractivity contribution in [2.45, 2.75) is 26.0 Å². The second-order valence-electron chi connectivity index (χ2n) is 6.05. The van der Waals surface area contributed by atoms with Crippen LogP contribution in [0.3, 0.4) is 0 Å². The van der Waals surface area contributed by atoms with Crippen molar-refractivity contribution in [1.82, 2.24) is 10.6 Å². The smallest absolute Gasteiger partial charge is 0.191 e. The van der Waals surface area contributed by atoms with Crippen molar-refractivity contribution in [3.05, 3.63) is 71.3 Å². The van der Waals surface area contributed by atoms with Crippen LogP contribution in [-0.2, 0) is 17.9 Å². The van der Waals surface area contributed by atoms with E-state index >= 15 is 0 Å². The Bertz CT molecular complexity index is 657. The van der Waals surface area contributed by atoms with Gasteiger partial charge in [0.05, 0.1) is 13.2 Å². The highest BCUT2D eigenvalue weighted by atomic mass is 16.5. The van der Waals surface area contributed by atoms with Gasteiger partial charge in [0.25, 0.3) is 0 Å². The third-order valence-corrected chi connectivity index (χ3v) is 4.19. The summed E-state index contributed by atoms with van der Waals surface area (Å²) in [7, 11) is 1.75. The van der Waals surface area contributed by atoms with Crippen molar-refractivity contribution in [1.29, 1.82) is 0 Å². The zero-order valence-corrected chi connectivity index (χ0v) is 15.6. The van der Waals surface area contributed by atoms with E-state index in [9.17, 15) is 5.11 Å². The standard InChI is InChI=1S/C21H29N3O2/c1-3-26-16-18-11-9-17(10-12-18)13-23-21(22-2)24-14-20(15-25)19-7-5-4-6-8-19/h4-12,20,25H,3,13-16H2,1-2H3,(H2,22,23,24). The zero-order chi connectivity index (χ0) is 18.6. The molecule has 1 atom stereocenters. The highest BCUT2D eigenvalue weighted by molar-refractivity contribution is 5.79. The Labute approximate surface area is 156 Å². The lowest BCUT2D eigenvalue weighted by molar-refractivity contribution is 0.134. The molecule has 140 valence electrons. The minimum absolute atomic E-state index is 0.0348. The van der Waals surface area contributed by atoms with Crippen molar-refractivity contribution in [3.63, 3.8) is 0 Å². The number of nitrogens with zero attached hydrogens (tertiary/aromatic N) is 1. The number of hydrogen-bond donors (Lipinski definition) is 3. The van der Waals surface area contributed by atoms with Crippen LogP contribution >= 0.6 is 0 Å². The average molecular weight is 355 g/mol. The molecule has 0 aromatic heterocycles. The van der Waals surface area contributed by atoms with Crippen molar-refractivity contribution >= 4 is 5.96 Å². The van der Waals surface area contributed by atoms with Crippen LogP contribution in [0.25, 0.3) is 0 Å². The normalized spacial score (nSPS) is 12.7. The number of ether oxygens (including phenoxy) is 1. The summed E-state index contributed by atoms with van der Waals surface area (Å²) in [5.41, 5.74) is 3.46. The van der Waals surface area contributed by atoms with Gasteiger partial charge in [0.15, 0.2) is 5.96 Å². The molecule has 0 heterocycles. The Hall–Kier alpha value is -2.37. The number of aliphatic hydroxyl groups excluding tert-OH is 1. The third kappa shape index (κ3) is 6.50. The first-order valence-corrected chi connectivity index (χ1v) is 9.02. The fourth-order valence-electron chi connectivity index (χ4n) is 2.61. The quantitative estimate of drug-likeness (QED) is 0.478. The zero-order valence-electron chi connectivity index (χ0n) is 15.6. The first kappa shape index (κ1) is 19.9. The van der Waals surface area contributed by atoms with Crippen molar-refractivity contribution in [2.24, 2.45) is 4.99 Å². The van der Waals surface area contributed by atoms with Gasteiger partial charge in [-0.05, 0) is 23.6 Å². The highest BCUT2D eigenvalue weighted by Gasteiger charge is 2.10. The highest BCUT2D eigenvalue weighted by Crippen LogP contribution is 2.13. The lowest BCUT2D eigenvalue weighted by atomic mass is 10.0. The van der Waals surface area contributed by atoms with Gasteiger partial charge in [-0.3, -0.25) is 4.99 Å². The summed E-state index contributed by atoms with van der Waals surface area (Å²) < 4.78 is 5.41. The van der Waals surface area contributed by atoms with Crippen LogP contribution in [-0.4, -0.2) is 37.9 Å². The van der Waals surface area contributed by atoms with Gasteiger partial charge < -0.3 is 20.5 Å². The largest absolute Gasteiger partial charge is 0.396 e. The number of nitrogens with one attached hydrogen (secondary N) is 2. The lowest BCUT2D eigenvalue weighted by Crippen LogP contribution is -2.39. The van der Waals surface area contributed by atoms with Gasteiger partial charge in [0.1, 0.15) is 0 Å². The van der Waals surface area contributed by atoms with Gasteiger partial charge in [-0.2, -0.15) is 0 Å². The Balaban J connectivity index is 1.82. The molecule has 1 unspecified atom stereocenters. The summed E-state index contributed by atoms with van der Waals surface area (Å²) in [6.45, 7) is 4.77. The fraction of sp³-hybridized carbons (Fsp3) is 0.381. The van der Waals surface area contributed by atoms with Crippen molar-refractivity contribution < 1.29 is 9.84 Å². The number of aliphatic hydroxyl groups is 1. The lowest BCUT2D eigenvalue weighted by Gasteiger charge is -2.18. The number of guanidine groups is 1. The van der Waals surface area contributed by atoms with E-state index in [0.717, 1.165) is 18.1 Å². The van der Waals surface area contributed by atoms with Crippen LogP contribution in [0.15, 0.2) is 59.6 Å². The molecule has 5 nitrogen and oxygen atoms in total. The summed E-state index contributed by atoms with van der Waals surface area (Å²) in [6, 6.07) is 18.4. The molecular weight excluding hydrogens is 326 g/mol. The molecule has 0 saturated heterocycles. The predicted octanol–water partition coefficient (Wildman–Crippen LogP) is 2.66. The van der Waals surface area contributed by atoms with E-state index in [0.29, 0.717) is 19.7 Å². The van der Waals surface area contributed by atoms with Gasteiger partial charge in [-0.1, -0.05) is 54.6 Å². The van der Waals surface area contributed by atoms with Crippen LogP contribution in [0.2, 0.25) is 0 Å². The van der Waals surface area contributed by atoms with Gasteiger partial charge in [-0.25, -0.2) is 0 Å². The van der Waals surface area contributed by atoms with Gasteiger partial charge in [0, 0.05) is 32.7 Å². The molecule has 0 aliphatic heterocycles. The topological polar surface area (TPSA) is 65.9 Å². The number of benzene rings is 2. The number of hydrogen-bond acceptors (Lipinski definition) is 3. The second-order valence-corrected chi connectivity index (χ2v) is 6.05. The molecule has 26 heavy (non-hydrogen) atoms. The third-order valence-electron chi connectivity index (χ3n) is 4.19. The van der Waals surface area contributed by atoms with Crippen LogP contribution in [0.5, 0.6) is 0 Å². The molecule has 2 rings (SSSR count). The number of rotatable bonds is 9. The first-order chi connectivity index (χ1) is 12.8. The van der Waals surface area contributed by atoms with Crippen LogP contribution in [0.1, 0.15) is 29.5 Å². The second kappa shape index (κ2) is 11.3. The van der Waals surface area contributed by atoms with Gasteiger partial charge in [-0.15, -0.1) is 0 Å². The molecule has 0 aliphatic rings. The maximum absolute atomic E-state index is 9.65. The van der Waals surface area contributed by atoms with Gasteiger partial charge in [0.2, 0.25) is 0 Å². The molecule has 0 bridgehead atoms. The fourth-order valence-corrected chi connectivity index (χ4v) is 2.61. The maximum Gasteiger partial charge on any atom is 0.191 e. The van der Waals surface area contributed by atoms with E-state index in [1.54, 1.807) is 7.05 Å². The summed E-state index contributed by atoms with van der Waals surface area (Å²) in [4.78, 5) is 4.25. The molecule has 0 fully saturated rings.